The maximum Gasteiger partial charge on any atom is 0.304 e. The quantitative estimate of drug-likeness (QED) is 0.874. The summed E-state index contributed by atoms with van der Waals surface area (Å²) in [6, 6.07) is 5.80. The lowest BCUT2D eigenvalue weighted by molar-refractivity contribution is -0.138. The Bertz CT molecular complexity index is 437. The first kappa shape index (κ1) is 11.9. The van der Waals surface area contributed by atoms with Crippen LogP contribution in [0.2, 0.25) is 0 Å². The van der Waals surface area contributed by atoms with E-state index in [1.54, 1.807) is 0 Å². The summed E-state index contributed by atoms with van der Waals surface area (Å²) in [5.41, 5.74) is 1.58. The smallest absolute Gasteiger partial charge is 0.304 e. The molecular formula is C13H16O4. The molecule has 92 valence electrons. The van der Waals surface area contributed by atoms with Crippen molar-refractivity contribution in [3.05, 3.63) is 29.3 Å². The summed E-state index contributed by atoms with van der Waals surface area (Å²) in [7, 11) is 0. The molecule has 1 aromatic carbocycles. The highest BCUT2D eigenvalue weighted by Gasteiger charge is 2.25. The van der Waals surface area contributed by atoms with E-state index in [2.05, 4.69) is 0 Å². The van der Waals surface area contributed by atoms with Gasteiger partial charge in [0, 0.05) is 11.0 Å². The van der Waals surface area contributed by atoms with Crippen molar-refractivity contribution in [3.63, 3.8) is 0 Å². The maximum absolute atomic E-state index is 10.8. The summed E-state index contributed by atoms with van der Waals surface area (Å²) < 4.78 is 10.6. The van der Waals surface area contributed by atoms with Crippen molar-refractivity contribution in [2.75, 3.05) is 6.79 Å². The molecule has 4 nitrogen and oxygen atoms in total. The van der Waals surface area contributed by atoms with Gasteiger partial charge in [-0.3, -0.25) is 4.79 Å². The van der Waals surface area contributed by atoms with Crippen molar-refractivity contribution in [2.24, 2.45) is 0 Å². The molecule has 0 amide bonds. The lowest BCUT2D eigenvalue weighted by Gasteiger charge is -2.26. The first-order valence-electron chi connectivity index (χ1n) is 5.55. The summed E-state index contributed by atoms with van der Waals surface area (Å²) >= 11 is 0. The minimum atomic E-state index is -0.794. The van der Waals surface area contributed by atoms with Gasteiger partial charge in [0.2, 0.25) is 0 Å². The zero-order valence-electron chi connectivity index (χ0n) is 10.0. The second-order valence-corrected chi connectivity index (χ2v) is 4.89. The van der Waals surface area contributed by atoms with E-state index in [0.717, 1.165) is 16.9 Å². The maximum atomic E-state index is 10.8. The summed E-state index contributed by atoms with van der Waals surface area (Å²) in [5.74, 6) is 0.00388. The standard InChI is InChI=1S/C13H16O4/c1-13(2,6-12(14)15)10-4-3-9-7-16-8-17-11(9)5-10/h3-5H,6-8H2,1-2H3,(H,14,15). The van der Waals surface area contributed by atoms with Crippen molar-refractivity contribution in [1.82, 2.24) is 0 Å². The third-order valence-corrected chi connectivity index (χ3v) is 3.00. The second-order valence-electron chi connectivity index (χ2n) is 4.89. The summed E-state index contributed by atoms with van der Waals surface area (Å²) in [4.78, 5) is 10.8. The van der Waals surface area contributed by atoms with Gasteiger partial charge in [0.15, 0.2) is 6.79 Å². The van der Waals surface area contributed by atoms with Crippen LogP contribution in [0.15, 0.2) is 18.2 Å². The van der Waals surface area contributed by atoms with E-state index in [1.807, 2.05) is 32.0 Å². The molecule has 0 unspecified atom stereocenters. The van der Waals surface area contributed by atoms with Crippen LogP contribution in [0.25, 0.3) is 0 Å². The molecule has 2 rings (SSSR count). The minimum absolute atomic E-state index is 0.0995. The number of carboxylic acids is 1. The number of ether oxygens (including phenoxy) is 2. The Labute approximate surface area is 100 Å². The number of benzene rings is 1. The van der Waals surface area contributed by atoms with Crippen LogP contribution in [0.5, 0.6) is 5.75 Å². The molecule has 4 heteroatoms. The molecule has 0 spiro atoms. The average molecular weight is 236 g/mol. The number of fused-ring (bicyclic) bond motifs is 1. The van der Waals surface area contributed by atoms with Gasteiger partial charge in [-0.15, -0.1) is 0 Å². The average Bonchev–Trinajstić information content (AvgIpc) is 2.26. The molecule has 0 saturated carbocycles. The van der Waals surface area contributed by atoms with E-state index < -0.39 is 11.4 Å². The van der Waals surface area contributed by atoms with Gasteiger partial charge in [-0.05, 0) is 11.6 Å². The highest BCUT2D eigenvalue weighted by molar-refractivity contribution is 5.69. The Hall–Kier alpha value is -1.55. The van der Waals surface area contributed by atoms with Gasteiger partial charge in [0.25, 0.3) is 0 Å². The Morgan fingerprint density at radius 2 is 2.24 bits per heavy atom. The first-order chi connectivity index (χ1) is 7.99. The number of rotatable bonds is 3. The predicted octanol–water partition coefficient (Wildman–Crippen LogP) is 2.31. The van der Waals surface area contributed by atoms with Gasteiger partial charge < -0.3 is 14.6 Å². The van der Waals surface area contributed by atoms with Crippen LogP contribution in [0.4, 0.5) is 0 Å². The fraction of sp³-hybridized carbons (Fsp3) is 0.462. The predicted molar refractivity (Wildman–Crippen MR) is 62.0 cm³/mol. The largest absolute Gasteiger partial charge is 0.481 e. The molecule has 1 aliphatic rings. The van der Waals surface area contributed by atoms with Gasteiger partial charge in [-0.25, -0.2) is 0 Å². The van der Waals surface area contributed by atoms with Crippen molar-refractivity contribution in [2.45, 2.75) is 32.3 Å². The highest BCUT2D eigenvalue weighted by Crippen LogP contribution is 2.33. The molecule has 1 heterocycles. The molecule has 0 radical (unpaired) electrons. The van der Waals surface area contributed by atoms with Gasteiger partial charge >= 0.3 is 5.97 Å². The fourth-order valence-electron chi connectivity index (χ4n) is 1.97. The van der Waals surface area contributed by atoms with Crippen LogP contribution >= 0.6 is 0 Å². The summed E-state index contributed by atoms with van der Waals surface area (Å²) in [6.45, 7) is 4.65. The second kappa shape index (κ2) is 4.37. The number of hydrogen-bond donors (Lipinski definition) is 1. The summed E-state index contributed by atoms with van der Waals surface area (Å²) in [6.07, 6.45) is 0.0995. The lowest BCUT2D eigenvalue weighted by atomic mass is 9.81. The molecule has 1 aliphatic heterocycles. The van der Waals surface area contributed by atoms with E-state index in [0.29, 0.717) is 6.61 Å². The van der Waals surface area contributed by atoms with E-state index in [-0.39, 0.29) is 13.2 Å². The van der Waals surface area contributed by atoms with E-state index in [9.17, 15) is 4.79 Å². The van der Waals surface area contributed by atoms with Crippen molar-refractivity contribution in [3.8, 4) is 5.75 Å². The highest BCUT2D eigenvalue weighted by atomic mass is 16.7. The van der Waals surface area contributed by atoms with Crippen LogP contribution < -0.4 is 4.74 Å². The first-order valence-corrected chi connectivity index (χ1v) is 5.55. The lowest BCUT2D eigenvalue weighted by Crippen LogP contribution is -2.22. The Balaban J connectivity index is 2.30. The molecular weight excluding hydrogens is 220 g/mol. The Morgan fingerprint density at radius 3 is 2.94 bits per heavy atom. The number of carbonyl (C=O) groups is 1. The van der Waals surface area contributed by atoms with Crippen LogP contribution in [0.3, 0.4) is 0 Å². The normalized spacial score (nSPS) is 14.9. The number of hydrogen-bond acceptors (Lipinski definition) is 3. The topological polar surface area (TPSA) is 55.8 Å². The van der Waals surface area contributed by atoms with Crippen molar-refractivity contribution < 1.29 is 19.4 Å². The van der Waals surface area contributed by atoms with Crippen LogP contribution in [-0.2, 0) is 21.6 Å². The third-order valence-electron chi connectivity index (χ3n) is 3.00. The molecule has 1 aromatic rings. The Kier molecular flexibility index (Phi) is 3.07. The van der Waals surface area contributed by atoms with Crippen molar-refractivity contribution >= 4 is 5.97 Å². The molecule has 0 aliphatic carbocycles. The van der Waals surface area contributed by atoms with Crippen LogP contribution in [0.1, 0.15) is 31.4 Å². The molecule has 0 bridgehead atoms. The van der Waals surface area contributed by atoms with Crippen molar-refractivity contribution in [1.29, 1.82) is 0 Å². The van der Waals surface area contributed by atoms with Gasteiger partial charge in [-0.2, -0.15) is 0 Å². The molecule has 1 N–H and O–H groups in total. The molecule has 0 saturated heterocycles. The van der Waals surface area contributed by atoms with E-state index >= 15 is 0 Å². The number of aliphatic carboxylic acids is 1. The van der Waals surface area contributed by atoms with E-state index in [1.165, 1.54) is 0 Å². The molecule has 0 aromatic heterocycles. The Morgan fingerprint density at radius 1 is 1.47 bits per heavy atom. The number of carboxylic acid groups (broad SMARTS) is 1. The monoisotopic (exact) mass is 236 g/mol. The summed E-state index contributed by atoms with van der Waals surface area (Å²) in [5, 5.41) is 8.90. The zero-order chi connectivity index (χ0) is 12.5. The fourth-order valence-corrected chi connectivity index (χ4v) is 1.97. The van der Waals surface area contributed by atoms with Gasteiger partial charge in [0.1, 0.15) is 5.75 Å². The molecule has 0 fully saturated rings. The van der Waals surface area contributed by atoms with Gasteiger partial charge in [-0.1, -0.05) is 26.0 Å². The molecule has 17 heavy (non-hydrogen) atoms. The zero-order valence-corrected chi connectivity index (χ0v) is 10.0. The van der Waals surface area contributed by atoms with Crippen LogP contribution in [0, 0.1) is 0 Å². The van der Waals surface area contributed by atoms with E-state index in [4.69, 9.17) is 14.6 Å². The van der Waals surface area contributed by atoms with Crippen LogP contribution in [-0.4, -0.2) is 17.9 Å². The van der Waals surface area contributed by atoms with Gasteiger partial charge in [0.05, 0.1) is 13.0 Å². The SMILES string of the molecule is CC(C)(CC(=O)O)c1ccc2c(c1)OCOC2. The minimum Gasteiger partial charge on any atom is -0.481 e. The molecule has 0 atom stereocenters. The third kappa shape index (κ3) is 2.58.